The number of carbonyl (C=O) groups is 1. The number of methoxy groups -OCH3 is 2. The maximum Gasteiger partial charge on any atom is 0.251 e. The molecule has 0 spiro atoms. The topological polar surface area (TPSA) is 84.9 Å². The molecule has 1 aliphatic rings. The summed E-state index contributed by atoms with van der Waals surface area (Å²) < 4.78 is 38.4. The third-order valence-corrected chi connectivity index (χ3v) is 7.68. The number of hydrogen-bond acceptors (Lipinski definition) is 5. The van der Waals surface area contributed by atoms with Gasteiger partial charge >= 0.3 is 0 Å². The van der Waals surface area contributed by atoms with E-state index in [1.165, 1.54) is 29.6 Å². The van der Waals surface area contributed by atoms with Gasteiger partial charge in [-0.3, -0.25) is 4.79 Å². The second-order valence-corrected chi connectivity index (χ2v) is 9.61. The third kappa shape index (κ3) is 5.31. The number of nitrogens with one attached hydrogen (secondary N) is 1. The lowest BCUT2D eigenvalue weighted by molar-refractivity contribution is 0.0950. The molecule has 1 amide bonds. The highest BCUT2D eigenvalue weighted by Crippen LogP contribution is 2.31. The monoisotopic (exact) mass is 466 g/mol. The van der Waals surface area contributed by atoms with Gasteiger partial charge in [-0.15, -0.1) is 0 Å². The molecule has 0 saturated carbocycles. The second-order valence-electron chi connectivity index (χ2n) is 7.30. The van der Waals surface area contributed by atoms with Gasteiger partial charge in [0.15, 0.2) is 11.5 Å². The van der Waals surface area contributed by atoms with Crippen LogP contribution in [0.3, 0.4) is 0 Å². The number of hydrogen-bond donors (Lipinski definition) is 1. The van der Waals surface area contributed by atoms with E-state index in [1.807, 2.05) is 6.07 Å². The fourth-order valence-electron chi connectivity index (χ4n) is 3.63. The molecule has 0 bridgehead atoms. The van der Waals surface area contributed by atoms with Crippen LogP contribution in [0.5, 0.6) is 11.5 Å². The highest BCUT2D eigenvalue weighted by Gasteiger charge is 2.28. The Balaban J connectivity index is 1.80. The first-order valence-electron chi connectivity index (χ1n) is 10.2. The lowest BCUT2D eigenvalue weighted by Crippen LogP contribution is -2.32. The van der Waals surface area contributed by atoms with Crippen molar-refractivity contribution in [3.05, 3.63) is 52.5 Å². The number of rotatable bonds is 7. The number of sulfonamides is 1. The summed E-state index contributed by atoms with van der Waals surface area (Å²) in [5, 5.41) is 2.91. The maximum absolute atomic E-state index is 13.1. The van der Waals surface area contributed by atoms with Crippen molar-refractivity contribution in [1.29, 1.82) is 0 Å². The van der Waals surface area contributed by atoms with Crippen molar-refractivity contribution in [1.82, 2.24) is 9.62 Å². The summed E-state index contributed by atoms with van der Waals surface area (Å²) in [6.45, 7) is 1.12. The van der Waals surface area contributed by atoms with E-state index in [9.17, 15) is 13.2 Å². The van der Waals surface area contributed by atoms with Crippen LogP contribution >= 0.6 is 11.6 Å². The molecule has 3 rings (SSSR count). The van der Waals surface area contributed by atoms with E-state index >= 15 is 0 Å². The van der Waals surface area contributed by atoms with Crippen molar-refractivity contribution >= 4 is 27.5 Å². The number of benzene rings is 2. The van der Waals surface area contributed by atoms with Gasteiger partial charge in [-0.2, -0.15) is 4.31 Å². The van der Waals surface area contributed by atoms with Gasteiger partial charge in [0, 0.05) is 30.8 Å². The summed E-state index contributed by atoms with van der Waals surface area (Å²) in [6, 6.07) is 9.70. The molecule has 1 saturated heterocycles. The van der Waals surface area contributed by atoms with E-state index in [-0.39, 0.29) is 22.0 Å². The number of para-hydroxylation sites is 1. The first-order chi connectivity index (χ1) is 14.9. The molecule has 31 heavy (non-hydrogen) atoms. The molecular weight excluding hydrogens is 440 g/mol. The van der Waals surface area contributed by atoms with E-state index < -0.39 is 15.9 Å². The average Bonchev–Trinajstić information content (AvgIpc) is 3.07. The van der Waals surface area contributed by atoms with Gasteiger partial charge in [0.25, 0.3) is 5.91 Å². The predicted octanol–water partition coefficient (Wildman–Crippen LogP) is 3.85. The van der Waals surface area contributed by atoms with Crippen molar-refractivity contribution in [2.24, 2.45) is 0 Å². The van der Waals surface area contributed by atoms with E-state index in [0.29, 0.717) is 24.6 Å². The lowest BCUT2D eigenvalue weighted by atomic mass is 10.1. The van der Waals surface area contributed by atoms with Gasteiger partial charge in [0.05, 0.1) is 19.2 Å². The second kappa shape index (κ2) is 10.3. The zero-order valence-electron chi connectivity index (χ0n) is 17.7. The molecule has 1 heterocycles. The minimum atomic E-state index is -3.77. The molecule has 0 unspecified atom stereocenters. The predicted molar refractivity (Wildman–Crippen MR) is 119 cm³/mol. The van der Waals surface area contributed by atoms with Crippen LogP contribution in [0.25, 0.3) is 0 Å². The van der Waals surface area contributed by atoms with Gasteiger partial charge in [-0.05, 0) is 37.1 Å². The number of nitrogens with zero attached hydrogens (tertiary/aromatic N) is 1. The first-order valence-corrected chi connectivity index (χ1v) is 12.0. The first kappa shape index (κ1) is 23.4. The Hall–Kier alpha value is -2.29. The van der Waals surface area contributed by atoms with Crippen molar-refractivity contribution in [3.63, 3.8) is 0 Å². The SMILES string of the molecule is COc1cccc(CNC(=O)c2ccc(Cl)c(S(=O)(=O)N3CCCCCC3)c2)c1OC. The standard InChI is InChI=1S/C22H27ClN2O5S/c1-29-19-9-7-8-17(21(19)30-2)15-24-22(26)16-10-11-18(23)20(14-16)31(27,28)25-12-5-3-4-6-13-25/h7-11,14H,3-6,12-13,15H2,1-2H3,(H,24,26). The minimum Gasteiger partial charge on any atom is -0.493 e. The largest absolute Gasteiger partial charge is 0.493 e. The minimum absolute atomic E-state index is 0.0392. The smallest absolute Gasteiger partial charge is 0.251 e. The summed E-state index contributed by atoms with van der Waals surface area (Å²) in [7, 11) is -0.702. The number of ether oxygens (including phenoxy) is 2. The van der Waals surface area contributed by atoms with E-state index in [4.69, 9.17) is 21.1 Å². The van der Waals surface area contributed by atoms with Crippen molar-refractivity contribution in [3.8, 4) is 11.5 Å². The van der Waals surface area contributed by atoms with Crippen LogP contribution in [0, 0.1) is 0 Å². The third-order valence-electron chi connectivity index (χ3n) is 5.30. The molecular formula is C22H27ClN2O5S. The number of halogens is 1. The van der Waals surface area contributed by atoms with E-state index in [0.717, 1.165) is 31.2 Å². The lowest BCUT2D eigenvalue weighted by Gasteiger charge is -2.21. The highest BCUT2D eigenvalue weighted by molar-refractivity contribution is 7.89. The Morgan fingerprint density at radius 3 is 2.42 bits per heavy atom. The summed E-state index contributed by atoms with van der Waals surface area (Å²) >= 11 is 6.22. The van der Waals surface area contributed by atoms with Gasteiger partial charge in [-0.1, -0.05) is 36.6 Å². The molecule has 0 aromatic heterocycles. The maximum atomic E-state index is 13.1. The molecule has 9 heteroatoms. The van der Waals surface area contributed by atoms with Crippen molar-refractivity contribution in [2.75, 3.05) is 27.3 Å². The number of amides is 1. The zero-order valence-corrected chi connectivity index (χ0v) is 19.3. The van der Waals surface area contributed by atoms with E-state index in [1.54, 1.807) is 19.2 Å². The molecule has 1 fully saturated rings. The Kier molecular flexibility index (Phi) is 7.80. The van der Waals surface area contributed by atoms with E-state index in [2.05, 4.69) is 5.32 Å². The Morgan fingerprint density at radius 1 is 1.06 bits per heavy atom. The average molecular weight is 467 g/mol. The summed E-state index contributed by atoms with van der Waals surface area (Å²) in [5.41, 5.74) is 0.959. The Morgan fingerprint density at radius 2 is 1.77 bits per heavy atom. The number of carbonyl (C=O) groups excluding carboxylic acids is 1. The molecule has 0 radical (unpaired) electrons. The van der Waals surface area contributed by atoms with Gasteiger partial charge < -0.3 is 14.8 Å². The Bertz CT molecular complexity index is 1030. The highest BCUT2D eigenvalue weighted by atomic mass is 35.5. The Labute approximate surface area is 188 Å². The van der Waals surface area contributed by atoms with Crippen LogP contribution in [0.15, 0.2) is 41.3 Å². The van der Waals surface area contributed by atoms with Crippen molar-refractivity contribution in [2.45, 2.75) is 37.1 Å². The quantitative estimate of drug-likeness (QED) is 0.669. The summed E-state index contributed by atoms with van der Waals surface area (Å²) in [4.78, 5) is 12.7. The molecule has 1 aliphatic heterocycles. The summed E-state index contributed by atoms with van der Waals surface area (Å²) in [5.74, 6) is 0.686. The van der Waals surface area contributed by atoms with Crippen molar-refractivity contribution < 1.29 is 22.7 Å². The van der Waals surface area contributed by atoms with Crippen LogP contribution < -0.4 is 14.8 Å². The molecule has 0 atom stereocenters. The molecule has 2 aromatic carbocycles. The molecule has 2 aromatic rings. The zero-order chi connectivity index (χ0) is 22.4. The normalized spacial score (nSPS) is 15.2. The van der Waals surface area contributed by atoms with Crippen LogP contribution in [-0.2, 0) is 16.6 Å². The summed E-state index contributed by atoms with van der Waals surface area (Å²) in [6.07, 6.45) is 3.66. The van der Waals surface area contributed by atoms with Gasteiger partial charge in [0.2, 0.25) is 10.0 Å². The fourth-order valence-corrected chi connectivity index (χ4v) is 5.65. The molecule has 7 nitrogen and oxygen atoms in total. The van der Waals surface area contributed by atoms with Crippen LogP contribution in [-0.4, -0.2) is 45.9 Å². The molecule has 168 valence electrons. The molecule has 1 N–H and O–H groups in total. The van der Waals surface area contributed by atoms with Gasteiger partial charge in [0.1, 0.15) is 4.90 Å². The molecule has 0 aliphatic carbocycles. The van der Waals surface area contributed by atoms with Crippen LogP contribution in [0.4, 0.5) is 0 Å². The fraction of sp³-hybridized carbons (Fsp3) is 0.409. The van der Waals surface area contributed by atoms with Crippen LogP contribution in [0.2, 0.25) is 5.02 Å². The van der Waals surface area contributed by atoms with Crippen LogP contribution in [0.1, 0.15) is 41.6 Å². The van der Waals surface area contributed by atoms with Gasteiger partial charge in [-0.25, -0.2) is 8.42 Å².